The first-order valence-electron chi connectivity index (χ1n) is 10.9. The number of methoxy groups -OCH3 is 1. The fourth-order valence-electron chi connectivity index (χ4n) is 3.92. The zero-order chi connectivity index (χ0) is 19.6. The van der Waals surface area contributed by atoms with Crippen LogP contribution in [0.5, 0.6) is 0 Å². The molecule has 1 aromatic heterocycles. The van der Waals surface area contributed by atoms with Crippen molar-refractivity contribution < 1.29 is 9.47 Å². The van der Waals surface area contributed by atoms with Crippen molar-refractivity contribution in [3.8, 4) is 0 Å². The molecule has 1 saturated heterocycles. The van der Waals surface area contributed by atoms with Crippen LogP contribution in [0.1, 0.15) is 57.1 Å². The third-order valence-corrected chi connectivity index (χ3v) is 5.48. The summed E-state index contributed by atoms with van der Waals surface area (Å²) in [6.07, 6.45) is 8.13. The number of nitrogens with one attached hydrogen (secondary N) is 1. The van der Waals surface area contributed by atoms with Crippen LogP contribution in [0.4, 0.5) is 0 Å². The lowest BCUT2D eigenvalue weighted by Gasteiger charge is -2.34. The number of rotatable bonds is 8. The van der Waals surface area contributed by atoms with Crippen molar-refractivity contribution in [3.05, 3.63) is 11.6 Å². The first-order valence-corrected chi connectivity index (χ1v) is 10.9. The molecule has 2 aliphatic heterocycles. The van der Waals surface area contributed by atoms with E-state index in [1.807, 2.05) is 0 Å². The fourth-order valence-corrected chi connectivity index (χ4v) is 3.92. The van der Waals surface area contributed by atoms with Crippen LogP contribution >= 0.6 is 24.0 Å². The van der Waals surface area contributed by atoms with Gasteiger partial charge < -0.3 is 24.3 Å². The molecule has 0 atom stereocenters. The van der Waals surface area contributed by atoms with Crippen LogP contribution in [-0.4, -0.2) is 71.7 Å². The summed E-state index contributed by atoms with van der Waals surface area (Å²) in [7, 11) is 1.73. The minimum Gasteiger partial charge on any atom is -0.385 e. The van der Waals surface area contributed by atoms with E-state index in [4.69, 9.17) is 14.5 Å². The lowest BCUT2D eigenvalue weighted by atomic mass is 10.1. The third kappa shape index (κ3) is 7.36. The van der Waals surface area contributed by atoms with Crippen molar-refractivity contribution in [3.63, 3.8) is 0 Å². The summed E-state index contributed by atoms with van der Waals surface area (Å²) in [5.41, 5.74) is 0. The highest BCUT2D eigenvalue weighted by atomic mass is 127. The molecule has 0 radical (unpaired) electrons. The van der Waals surface area contributed by atoms with Crippen LogP contribution in [-0.2, 0) is 29.0 Å². The van der Waals surface area contributed by atoms with Crippen LogP contribution in [0.15, 0.2) is 4.99 Å². The first-order chi connectivity index (χ1) is 13.8. The molecule has 9 heteroatoms. The Bertz CT molecular complexity index is 616. The van der Waals surface area contributed by atoms with E-state index in [9.17, 15) is 0 Å². The Hall–Kier alpha value is -0.940. The quantitative estimate of drug-likeness (QED) is 0.246. The van der Waals surface area contributed by atoms with E-state index >= 15 is 0 Å². The van der Waals surface area contributed by atoms with Crippen molar-refractivity contribution in [2.24, 2.45) is 4.99 Å². The van der Waals surface area contributed by atoms with Gasteiger partial charge in [0, 0.05) is 52.9 Å². The molecule has 1 fully saturated rings. The molecule has 0 saturated carbocycles. The number of fused-ring (bicyclic) bond motifs is 1. The van der Waals surface area contributed by atoms with E-state index in [0.29, 0.717) is 12.6 Å². The average Bonchev–Trinajstić information content (AvgIpc) is 2.95. The Morgan fingerprint density at radius 1 is 1.14 bits per heavy atom. The highest BCUT2D eigenvalue weighted by molar-refractivity contribution is 14.0. The van der Waals surface area contributed by atoms with Crippen molar-refractivity contribution in [2.75, 3.05) is 40.0 Å². The molecule has 29 heavy (non-hydrogen) atoms. The maximum absolute atomic E-state index is 5.98. The summed E-state index contributed by atoms with van der Waals surface area (Å²) < 4.78 is 13.3. The van der Waals surface area contributed by atoms with Gasteiger partial charge in [0.1, 0.15) is 12.4 Å². The Labute approximate surface area is 191 Å². The van der Waals surface area contributed by atoms with Gasteiger partial charge in [0.15, 0.2) is 11.8 Å². The normalized spacial score (nSPS) is 18.1. The third-order valence-electron chi connectivity index (χ3n) is 5.48. The lowest BCUT2D eigenvalue weighted by Crippen LogP contribution is -2.47. The second kappa shape index (κ2) is 13.4. The van der Waals surface area contributed by atoms with E-state index in [0.717, 1.165) is 82.7 Å². The molecule has 8 nitrogen and oxygen atoms in total. The van der Waals surface area contributed by atoms with Crippen LogP contribution in [0.2, 0.25) is 0 Å². The maximum atomic E-state index is 5.98. The Kier molecular flexibility index (Phi) is 11.2. The van der Waals surface area contributed by atoms with E-state index in [1.54, 1.807) is 7.11 Å². The van der Waals surface area contributed by atoms with Crippen molar-refractivity contribution in [2.45, 2.75) is 71.1 Å². The Balaban J connectivity index is 0.00000300. The molecule has 0 amide bonds. The predicted molar refractivity (Wildman–Crippen MR) is 125 cm³/mol. The number of aliphatic imine (C=N–C) groups is 1. The lowest BCUT2D eigenvalue weighted by molar-refractivity contribution is 0.00990. The van der Waals surface area contributed by atoms with Crippen LogP contribution in [0.3, 0.4) is 0 Å². The standard InChI is InChI=1S/C20H36N6O2.HI/c1-3-21-20(25-12-9-17(10-13-25)28-15-7-14-27-2)22-16-19-24-23-18-8-5-4-6-11-26(18)19;/h17H,3-16H2,1-2H3,(H,21,22);1H. The SMILES string of the molecule is CCNC(=NCc1nnc2n1CCCCC2)N1CCC(OCCCOC)CC1.I. The molecule has 3 heterocycles. The van der Waals surface area contributed by atoms with E-state index in [2.05, 4.69) is 31.9 Å². The predicted octanol–water partition coefficient (Wildman–Crippen LogP) is 2.61. The average molecular weight is 520 g/mol. The fraction of sp³-hybridized carbons (Fsp3) is 0.850. The number of likely N-dealkylation sites (tertiary alicyclic amines) is 1. The summed E-state index contributed by atoms with van der Waals surface area (Å²) >= 11 is 0. The van der Waals surface area contributed by atoms with Crippen molar-refractivity contribution >= 4 is 29.9 Å². The van der Waals surface area contributed by atoms with Crippen molar-refractivity contribution in [1.29, 1.82) is 0 Å². The topological polar surface area (TPSA) is 76.8 Å². The summed E-state index contributed by atoms with van der Waals surface area (Å²) in [5, 5.41) is 12.2. The van der Waals surface area contributed by atoms with Gasteiger partial charge in [-0.15, -0.1) is 34.2 Å². The zero-order valence-electron chi connectivity index (χ0n) is 17.9. The monoisotopic (exact) mass is 520 g/mol. The number of guanidine groups is 1. The smallest absolute Gasteiger partial charge is 0.194 e. The van der Waals surface area contributed by atoms with Crippen LogP contribution in [0, 0.1) is 0 Å². The molecule has 2 aliphatic rings. The molecule has 0 spiro atoms. The first kappa shape index (κ1) is 24.3. The van der Waals surface area contributed by atoms with Gasteiger partial charge in [-0.3, -0.25) is 0 Å². The molecule has 166 valence electrons. The maximum Gasteiger partial charge on any atom is 0.194 e. The molecular weight excluding hydrogens is 483 g/mol. The molecule has 3 rings (SSSR count). The minimum absolute atomic E-state index is 0. The number of ether oxygens (including phenoxy) is 2. The van der Waals surface area contributed by atoms with Gasteiger partial charge >= 0.3 is 0 Å². The summed E-state index contributed by atoms with van der Waals surface area (Å²) in [6, 6.07) is 0. The van der Waals surface area contributed by atoms with E-state index in [-0.39, 0.29) is 24.0 Å². The number of hydrogen-bond donors (Lipinski definition) is 1. The molecule has 1 N–H and O–H groups in total. The zero-order valence-corrected chi connectivity index (χ0v) is 20.3. The molecule has 0 aromatic carbocycles. The molecule has 0 aliphatic carbocycles. The summed E-state index contributed by atoms with van der Waals surface area (Å²) in [6.45, 7) is 8.08. The highest BCUT2D eigenvalue weighted by Gasteiger charge is 2.22. The molecule has 0 bridgehead atoms. The van der Waals surface area contributed by atoms with Gasteiger partial charge in [0.2, 0.25) is 0 Å². The van der Waals surface area contributed by atoms with Gasteiger partial charge in [0.25, 0.3) is 0 Å². The largest absolute Gasteiger partial charge is 0.385 e. The molecule has 1 aromatic rings. The Morgan fingerprint density at radius 2 is 1.97 bits per heavy atom. The number of hydrogen-bond acceptors (Lipinski definition) is 5. The number of halogens is 1. The number of nitrogens with zero attached hydrogens (tertiary/aromatic N) is 5. The Morgan fingerprint density at radius 3 is 2.72 bits per heavy atom. The van der Waals surface area contributed by atoms with Crippen LogP contribution in [0.25, 0.3) is 0 Å². The summed E-state index contributed by atoms with van der Waals surface area (Å²) in [5.74, 6) is 3.09. The minimum atomic E-state index is 0. The second-order valence-corrected chi connectivity index (χ2v) is 7.57. The molecule has 0 unspecified atom stereocenters. The summed E-state index contributed by atoms with van der Waals surface area (Å²) in [4.78, 5) is 7.23. The van der Waals surface area contributed by atoms with Crippen molar-refractivity contribution in [1.82, 2.24) is 25.0 Å². The van der Waals surface area contributed by atoms with E-state index in [1.165, 1.54) is 19.3 Å². The number of aryl methyl sites for hydroxylation is 1. The number of piperidine rings is 1. The van der Waals surface area contributed by atoms with Gasteiger partial charge in [-0.1, -0.05) is 6.42 Å². The van der Waals surface area contributed by atoms with Gasteiger partial charge in [-0.25, -0.2) is 4.99 Å². The van der Waals surface area contributed by atoms with Gasteiger partial charge in [0.05, 0.1) is 6.10 Å². The van der Waals surface area contributed by atoms with Crippen LogP contribution < -0.4 is 5.32 Å². The highest BCUT2D eigenvalue weighted by Crippen LogP contribution is 2.16. The second-order valence-electron chi connectivity index (χ2n) is 7.57. The molecular formula is C20H37IN6O2. The number of aromatic nitrogens is 3. The van der Waals surface area contributed by atoms with E-state index < -0.39 is 0 Å². The van der Waals surface area contributed by atoms with Gasteiger partial charge in [-0.2, -0.15) is 0 Å². The van der Waals surface area contributed by atoms with Gasteiger partial charge in [-0.05, 0) is 39.0 Å².